The number of thiocarbonyl (C=S) groups is 1. The maximum Gasteiger partial charge on any atom is 0.273 e. The first-order valence-electron chi connectivity index (χ1n) is 9.10. The summed E-state index contributed by atoms with van der Waals surface area (Å²) in [4.78, 5) is 15.0. The van der Waals surface area contributed by atoms with Crippen LogP contribution < -0.4 is 15.0 Å². The molecule has 1 saturated heterocycles. The standard InChI is InChI=1S/C20H24N4O3S/c1-14-4-6-16(7-5-14)23-11-10-22(13-15(23)2)20(28)21-18-9-8-17(24(25)26)12-19(18)27-3/h4-9,12,15H,10-11,13H2,1-3H3,(H,21,28). The van der Waals surface area contributed by atoms with Crippen molar-refractivity contribution in [1.82, 2.24) is 4.90 Å². The molecule has 2 aromatic rings. The predicted molar refractivity (Wildman–Crippen MR) is 115 cm³/mol. The molecule has 1 N–H and O–H groups in total. The molecule has 1 aliphatic rings. The molecule has 148 valence electrons. The predicted octanol–water partition coefficient (Wildman–Crippen LogP) is 3.82. The lowest BCUT2D eigenvalue weighted by molar-refractivity contribution is -0.384. The van der Waals surface area contributed by atoms with Crippen LogP contribution in [0.5, 0.6) is 5.75 Å². The van der Waals surface area contributed by atoms with Gasteiger partial charge in [-0.05, 0) is 44.3 Å². The summed E-state index contributed by atoms with van der Waals surface area (Å²) in [5, 5.41) is 14.7. The number of nitrogens with one attached hydrogen (secondary N) is 1. The second-order valence-corrected chi connectivity index (χ2v) is 7.28. The van der Waals surface area contributed by atoms with E-state index in [4.69, 9.17) is 17.0 Å². The van der Waals surface area contributed by atoms with Gasteiger partial charge in [0.15, 0.2) is 5.11 Å². The lowest BCUT2D eigenvalue weighted by Crippen LogP contribution is -2.54. The van der Waals surface area contributed by atoms with E-state index in [9.17, 15) is 10.1 Å². The molecule has 7 nitrogen and oxygen atoms in total. The molecule has 0 saturated carbocycles. The van der Waals surface area contributed by atoms with Crippen molar-refractivity contribution in [3.63, 3.8) is 0 Å². The fraction of sp³-hybridized carbons (Fsp3) is 0.350. The number of ether oxygens (including phenoxy) is 1. The van der Waals surface area contributed by atoms with Gasteiger partial charge in [-0.3, -0.25) is 10.1 Å². The van der Waals surface area contributed by atoms with Gasteiger partial charge in [0.2, 0.25) is 0 Å². The number of hydrogen-bond donors (Lipinski definition) is 1. The van der Waals surface area contributed by atoms with Crippen LogP contribution in [0.25, 0.3) is 0 Å². The Morgan fingerprint density at radius 2 is 1.96 bits per heavy atom. The fourth-order valence-corrected chi connectivity index (χ4v) is 3.63. The van der Waals surface area contributed by atoms with Gasteiger partial charge < -0.3 is 19.9 Å². The number of anilines is 2. The summed E-state index contributed by atoms with van der Waals surface area (Å²) in [5.41, 5.74) is 3.06. The van der Waals surface area contributed by atoms with Crippen molar-refractivity contribution < 1.29 is 9.66 Å². The molecule has 1 unspecified atom stereocenters. The normalized spacial score (nSPS) is 16.6. The monoisotopic (exact) mass is 400 g/mol. The Labute approximate surface area is 170 Å². The van der Waals surface area contributed by atoms with Gasteiger partial charge in [-0.1, -0.05) is 17.7 Å². The molecule has 1 atom stereocenters. The van der Waals surface area contributed by atoms with E-state index < -0.39 is 4.92 Å². The van der Waals surface area contributed by atoms with Crippen molar-refractivity contribution in [2.24, 2.45) is 0 Å². The number of piperazine rings is 1. The smallest absolute Gasteiger partial charge is 0.273 e. The average molecular weight is 401 g/mol. The van der Waals surface area contributed by atoms with E-state index in [0.717, 1.165) is 19.6 Å². The number of nitro benzene ring substituents is 1. The largest absolute Gasteiger partial charge is 0.494 e. The van der Waals surface area contributed by atoms with E-state index >= 15 is 0 Å². The highest BCUT2D eigenvalue weighted by Crippen LogP contribution is 2.29. The Morgan fingerprint density at radius 3 is 2.57 bits per heavy atom. The number of hydrogen-bond acceptors (Lipinski definition) is 5. The van der Waals surface area contributed by atoms with Crippen molar-refractivity contribution in [1.29, 1.82) is 0 Å². The summed E-state index contributed by atoms with van der Waals surface area (Å²) in [6.07, 6.45) is 0. The van der Waals surface area contributed by atoms with Gasteiger partial charge in [-0.15, -0.1) is 0 Å². The maximum atomic E-state index is 10.9. The Morgan fingerprint density at radius 1 is 1.25 bits per heavy atom. The number of benzene rings is 2. The third kappa shape index (κ3) is 4.33. The number of nitro groups is 1. The molecule has 1 heterocycles. The molecule has 3 rings (SSSR count). The van der Waals surface area contributed by atoms with Crippen LogP contribution in [0.3, 0.4) is 0 Å². The number of rotatable bonds is 4. The first kappa shape index (κ1) is 19.9. The van der Waals surface area contributed by atoms with Gasteiger partial charge in [0, 0.05) is 37.4 Å². The molecule has 2 aromatic carbocycles. The molecule has 0 spiro atoms. The van der Waals surface area contributed by atoms with Gasteiger partial charge in [0.25, 0.3) is 5.69 Å². The minimum absolute atomic E-state index is 0.0198. The molecular formula is C20H24N4O3S. The van der Waals surface area contributed by atoms with Crippen LogP contribution in [0, 0.1) is 17.0 Å². The zero-order valence-corrected chi connectivity index (χ0v) is 17.0. The van der Waals surface area contributed by atoms with Crippen molar-refractivity contribution in [2.75, 3.05) is 37.0 Å². The van der Waals surface area contributed by atoms with Crippen LogP contribution in [0.1, 0.15) is 12.5 Å². The van der Waals surface area contributed by atoms with Crippen LogP contribution >= 0.6 is 12.2 Å². The molecule has 1 aliphatic heterocycles. The van der Waals surface area contributed by atoms with Crippen LogP contribution in [0.2, 0.25) is 0 Å². The molecule has 8 heteroatoms. The van der Waals surface area contributed by atoms with Crippen molar-refractivity contribution in [3.8, 4) is 5.75 Å². The molecule has 0 aromatic heterocycles. The summed E-state index contributed by atoms with van der Waals surface area (Å²) in [6.45, 7) is 6.71. The van der Waals surface area contributed by atoms with Gasteiger partial charge in [0.1, 0.15) is 5.75 Å². The van der Waals surface area contributed by atoms with Gasteiger partial charge in [-0.2, -0.15) is 0 Å². The van der Waals surface area contributed by atoms with E-state index in [0.29, 0.717) is 22.6 Å². The second-order valence-electron chi connectivity index (χ2n) is 6.90. The zero-order valence-electron chi connectivity index (χ0n) is 16.2. The first-order valence-corrected chi connectivity index (χ1v) is 9.51. The number of aryl methyl sites for hydroxylation is 1. The average Bonchev–Trinajstić information content (AvgIpc) is 2.68. The highest BCUT2D eigenvalue weighted by atomic mass is 32.1. The molecule has 0 aliphatic carbocycles. The Kier molecular flexibility index (Phi) is 5.99. The van der Waals surface area contributed by atoms with Crippen LogP contribution in [-0.4, -0.2) is 47.7 Å². The first-order chi connectivity index (χ1) is 13.4. The van der Waals surface area contributed by atoms with Gasteiger partial charge in [-0.25, -0.2) is 0 Å². The lowest BCUT2D eigenvalue weighted by Gasteiger charge is -2.42. The van der Waals surface area contributed by atoms with Crippen molar-refractivity contribution in [3.05, 3.63) is 58.1 Å². The summed E-state index contributed by atoms with van der Waals surface area (Å²) in [5.74, 6) is 0.392. The quantitative estimate of drug-likeness (QED) is 0.475. The summed E-state index contributed by atoms with van der Waals surface area (Å²) in [6, 6.07) is 13.3. The molecule has 0 radical (unpaired) electrons. The summed E-state index contributed by atoms with van der Waals surface area (Å²) in [7, 11) is 1.48. The zero-order chi connectivity index (χ0) is 20.3. The van der Waals surface area contributed by atoms with E-state index in [-0.39, 0.29) is 5.69 Å². The molecule has 0 bridgehead atoms. The van der Waals surface area contributed by atoms with Crippen LogP contribution in [0.4, 0.5) is 17.1 Å². The number of nitrogens with zero attached hydrogens (tertiary/aromatic N) is 3. The number of non-ortho nitro benzene ring substituents is 1. The second kappa shape index (κ2) is 8.43. The maximum absolute atomic E-state index is 10.9. The lowest BCUT2D eigenvalue weighted by atomic mass is 10.1. The van der Waals surface area contributed by atoms with Gasteiger partial charge >= 0.3 is 0 Å². The van der Waals surface area contributed by atoms with E-state index in [2.05, 4.69) is 53.2 Å². The summed E-state index contributed by atoms with van der Waals surface area (Å²) >= 11 is 5.58. The molecule has 28 heavy (non-hydrogen) atoms. The Hall–Kier alpha value is -2.87. The molecular weight excluding hydrogens is 376 g/mol. The SMILES string of the molecule is COc1cc([N+](=O)[O-])ccc1NC(=S)N1CCN(c2ccc(C)cc2)C(C)C1. The topological polar surface area (TPSA) is 70.9 Å². The highest BCUT2D eigenvalue weighted by molar-refractivity contribution is 7.80. The third-order valence-electron chi connectivity index (χ3n) is 4.92. The van der Waals surface area contributed by atoms with Gasteiger partial charge in [0.05, 0.1) is 23.8 Å². The summed E-state index contributed by atoms with van der Waals surface area (Å²) < 4.78 is 5.28. The minimum atomic E-state index is -0.448. The Balaban J connectivity index is 1.66. The van der Waals surface area contributed by atoms with Crippen LogP contribution in [-0.2, 0) is 0 Å². The van der Waals surface area contributed by atoms with Crippen molar-refractivity contribution >= 4 is 34.4 Å². The van der Waals surface area contributed by atoms with E-state index in [1.54, 1.807) is 6.07 Å². The van der Waals surface area contributed by atoms with Crippen molar-refractivity contribution in [2.45, 2.75) is 19.9 Å². The molecule has 1 fully saturated rings. The van der Waals surface area contributed by atoms with E-state index in [1.165, 1.54) is 30.5 Å². The minimum Gasteiger partial charge on any atom is -0.494 e. The Bertz CT molecular complexity index is 872. The number of methoxy groups -OCH3 is 1. The van der Waals surface area contributed by atoms with E-state index in [1.807, 2.05) is 0 Å². The molecule has 0 amide bonds. The van der Waals surface area contributed by atoms with Crippen LogP contribution in [0.15, 0.2) is 42.5 Å². The highest BCUT2D eigenvalue weighted by Gasteiger charge is 2.26. The fourth-order valence-electron chi connectivity index (χ4n) is 3.35. The third-order valence-corrected chi connectivity index (χ3v) is 5.28.